The van der Waals surface area contributed by atoms with Gasteiger partial charge in [0.25, 0.3) is 0 Å². The number of rotatable bonds is 3. The van der Waals surface area contributed by atoms with Crippen molar-refractivity contribution < 1.29 is 0 Å². The van der Waals surface area contributed by atoms with E-state index in [2.05, 4.69) is 50.2 Å². The minimum Gasteiger partial charge on any atom is -0.361 e. The number of nitrogens with one attached hydrogen (secondary N) is 1. The summed E-state index contributed by atoms with van der Waals surface area (Å²) in [6.45, 7) is 6.48. The zero-order valence-electron chi connectivity index (χ0n) is 10.2. The van der Waals surface area contributed by atoms with Crippen molar-refractivity contribution >= 4 is 10.9 Å². The van der Waals surface area contributed by atoms with Crippen molar-refractivity contribution in [1.29, 1.82) is 0 Å². The highest BCUT2D eigenvalue weighted by Crippen LogP contribution is 2.29. The topological polar surface area (TPSA) is 41.8 Å². The van der Waals surface area contributed by atoms with Crippen LogP contribution in [0.25, 0.3) is 10.9 Å². The SMILES string of the molecule is CC[C@@H](N)[C@H](C)c1c[nH]c2c(C)cccc12. The Morgan fingerprint density at radius 3 is 2.81 bits per heavy atom. The number of para-hydroxylation sites is 1. The predicted molar refractivity (Wildman–Crippen MR) is 69.7 cm³/mol. The van der Waals surface area contributed by atoms with Gasteiger partial charge in [-0.3, -0.25) is 0 Å². The Morgan fingerprint density at radius 1 is 1.38 bits per heavy atom. The molecule has 1 aromatic carbocycles. The number of benzene rings is 1. The standard InChI is InChI=1S/C14H20N2/c1-4-13(15)10(3)12-8-16-14-9(2)6-5-7-11(12)14/h5-8,10,13,16H,4,15H2,1-3H3/t10-,13-/m1/s1. The first-order chi connectivity index (χ1) is 7.65. The van der Waals surface area contributed by atoms with E-state index < -0.39 is 0 Å². The second-order valence-corrected chi connectivity index (χ2v) is 4.60. The molecule has 0 saturated heterocycles. The van der Waals surface area contributed by atoms with Gasteiger partial charge < -0.3 is 10.7 Å². The Hall–Kier alpha value is -1.28. The van der Waals surface area contributed by atoms with Crippen molar-refractivity contribution in [2.24, 2.45) is 5.73 Å². The van der Waals surface area contributed by atoms with Crippen molar-refractivity contribution in [3.8, 4) is 0 Å². The second kappa shape index (κ2) is 4.30. The van der Waals surface area contributed by atoms with Crippen LogP contribution in [0.5, 0.6) is 0 Å². The van der Waals surface area contributed by atoms with Gasteiger partial charge in [0, 0.05) is 23.1 Å². The van der Waals surface area contributed by atoms with Gasteiger partial charge >= 0.3 is 0 Å². The van der Waals surface area contributed by atoms with E-state index in [0.717, 1.165) is 6.42 Å². The molecule has 0 aliphatic rings. The van der Waals surface area contributed by atoms with E-state index in [-0.39, 0.29) is 6.04 Å². The summed E-state index contributed by atoms with van der Waals surface area (Å²) < 4.78 is 0. The molecule has 0 spiro atoms. The van der Waals surface area contributed by atoms with Gasteiger partial charge in [-0.05, 0) is 30.4 Å². The minimum absolute atomic E-state index is 0.236. The van der Waals surface area contributed by atoms with Crippen LogP contribution in [0.4, 0.5) is 0 Å². The van der Waals surface area contributed by atoms with Crippen LogP contribution in [0.2, 0.25) is 0 Å². The molecule has 0 saturated carbocycles. The third kappa shape index (κ3) is 1.74. The summed E-state index contributed by atoms with van der Waals surface area (Å²) in [5, 5.41) is 1.32. The summed E-state index contributed by atoms with van der Waals surface area (Å²) in [6.07, 6.45) is 3.12. The zero-order valence-corrected chi connectivity index (χ0v) is 10.2. The molecule has 3 N–H and O–H groups in total. The Balaban J connectivity index is 2.50. The van der Waals surface area contributed by atoms with Crippen LogP contribution in [0.1, 0.15) is 37.3 Å². The summed E-state index contributed by atoms with van der Waals surface area (Å²) in [5.74, 6) is 0.403. The number of aromatic amines is 1. The molecular weight excluding hydrogens is 196 g/mol. The highest BCUT2D eigenvalue weighted by molar-refractivity contribution is 5.86. The first-order valence-electron chi connectivity index (χ1n) is 5.97. The molecule has 2 aromatic rings. The van der Waals surface area contributed by atoms with Gasteiger partial charge in [-0.1, -0.05) is 32.0 Å². The molecule has 2 heteroatoms. The van der Waals surface area contributed by atoms with Gasteiger partial charge in [-0.15, -0.1) is 0 Å². The first-order valence-corrected chi connectivity index (χ1v) is 5.97. The zero-order chi connectivity index (χ0) is 11.7. The molecule has 1 heterocycles. The quantitative estimate of drug-likeness (QED) is 0.812. The summed E-state index contributed by atoms with van der Waals surface area (Å²) in [6, 6.07) is 6.65. The first kappa shape index (κ1) is 11.2. The lowest BCUT2D eigenvalue weighted by Gasteiger charge is -2.17. The third-order valence-corrected chi connectivity index (χ3v) is 3.56. The van der Waals surface area contributed by atoms with Gasteiger partial charge in [-0.2, -0.15) is 0 Å². The second-order valence-electron chi connectivity index (χ2n) is 4.60. The van der Waals surface area contributed by atoms with E-state index in [0.29, 0.717) is 5.92 Å². The maximum absolute atomic E-state index is 6.12. The van der Waals surface area contributed by atoms with E-state index in [4.69, 9.17) is 5.73 Å². The normalized spacial score (nSPS) is 15.2. The molecule has 0 unspecified atom stereocenters. The van der Waals surface area contributed by atoms with Crippen molar-refractivity contribution in [2.45, 2.75) is 39.2 Å². The molecule has 2 nitrogen and oxygen atoms in total. The molecule has 0 bridgehead atoms. The summed E-state index contributed by atoms with van der Waals surface area (Å²) in [4.78, 5) is 3.36. The van der Waals surface area contributed by atoms with Gasteiger partial charge in [-0.25, -0.2) is 0 Å². The number of fused-ring (bicyclic) bond motifs is 1. The number of hydrogen-bond donors (Lipinski definition) is 2. The third-order valence-electron chi connectivity index (χ3n) is 3.56. The average molecular weight is 216 g/mol. The molecule has 0 amide bonds. The van der Waals surface area contributed by atoms with Crippen LogP contribution in [0.3, 0.4) is 0 Å². The Morgan fingerprint density at radius 2 is 2.12 bits per heavy atom. The Labute approximate surface area is 96.9 Å². The molecule has 1 aromatic heterocycles. The van der Waals surface area contributed by atoms with Crippen molar-refractivity contribution in [2.75, 3.05) is 0 Å². The van der Waals surface area contributed by atoms with Gasteiger partial charge in [0.2, 0.25) is 0 Å². The summed E-state index contributed by atoms with van der Waals surface area (Å²) in [7, 11) is 0. The molecule has 2 atom stereocenters. The van der Waals surface area contributed by atoms with E-state index in [1.165, 1.54) is 22.0 Å². The van der Waals surface area contributed by atoms with Gasteiger partial charge in [0.15, 0.2) is 0 Å². The summed E-state index contributed by atoms with van der Waals surface area (Å²) >= 11 is 0. The fourth-order valence-corrected chi connectivity index (χ4v) is 2.29. The molecule has 0 aliphatic heterocycles. The highest BCUT2D eigenvalue weighted by Gasteiger charge is 2.16. The largest absolute Gasteiger partial charge is 0.361 e. The smallest absolute Gasteiger partial charge is 0.0486 e. The predicted octanol–water partition coefficient (Wildman–Crippen LogP) is 3.32. The molecule has 16 heavy (non-hydrogen) atoms. The number of aromatic nitrogens is 1. The maximum atomic E-state index is 6.12. The minimum atomic E-state index is 0.236. The van der Waals surface area contributed by atoms with E-state index in [9.17, 15) is 0 Å². The van der Waals surface area contributed by atoms with Crippen LogP contribution < -0.4 is 5.73 Å². The summed E-state index contributed by atoms with van der Waals surface area (Å²) in [5.41, 5.74) is 10.00. The number of aryl methyl sites for hydroxylation is 1. The highest BCUT2D eigenvalue weighted by atomic mass is 14.7. The Bertz CT molecular complexity index is 484. The van der Waals surface area contributed by atoms with Crippen LogP contribution in [-0.4, -0.2) is 11.0 Å². The van der Waals surface area contributed by atoms with Crippen molar-refractivity contribution in [3.05, 3.63) is 35.5 Å². The number of hydrogen-bond acceptors (Lipinski definition) is 1. The molecule has 0 fully saturated rings. The monoisotopic (exact) mass is 216 g/mol. The lowest BCUT2D eigenvalue weighted by molar-refractivity contribution is 0.554. The molecule has 0 aliphatic carbocycles. The molecule has 86 valence electrons. The molecular formula is C14H20N2. The van der Waals surface area contributed by atoms with Crippen LogP contribution in [0, 0.1) is 6.92 Å². The van der Waals surface area contributed by atoms with Gasteiger partial charge in [0.1, 0.15) is 0 Å². The maximum Gasteiger partial charge on any atom is 0.0486 e. The van der Waals surface area contributed by atoms with Crippen molar-refractivity contribution in [3.63, 3.8) is 0 Å². The lowest BCUT2D eigenvalue weighted by Crippen LogP contribution is -2.25. The van der Waals surface area contributed by atoms with Crippen LogP contribution in [-0.2, 0) is 0 Å². The van der Waals surface area contributed by atoms with E-state index in [1.807, 2.05) is 0 Å². The number of nitrogens with two attached hydrogens (primary N) is 1. The fraction of sp³-hybridized carbons (Fsp3) is 0.429. The van der Waals surface area contributed by atoms with Crippen molar-refractivity contribution in [1.82, 2.24) is 4.98 Å². The van der Waals surface area contributed by atoms with Gasteiger partial charge in [0.05, 0.1) is 0 Å². The van der Waals surface area contributed by atoms with Crippen LogP contribution in [0.15, 0.2) is 24.4 Å². The average Bonchev–Trinajstić information content (AvgIpc) is 2.72. The van der Waals surface area contributed by atoms with E-state index >= 15 is 0 Å². The van der Waals surface area contributed by atoms with Crippen LogP contribution >= 0.6 is 0 Å². The fourth-order valence-electron chi connectivity index (χ4n) is 2.29. The Kier molecular flexibility index (Phi) is 3.01. The lowest BCUT2D eigenvalue weighted by atomic mass is 9.92. The molecule has 0 radical (unpaired) electrons. The molecule has 2 rings (SSSR count). The number of H-pyrrole nitrogens is 1. The van der Waals surface area contributed by atoms with E-state index in [1.54, 1.807) is 0 Å².